The zero-order valence-corrected chi connectivity index (χ0v) is 20.6. The van der Waals surface area contributed by atoms with Crippen molar-refractivity contribution >= 4 is 29.4 Å². The van der Waals surface area contributed by atoms with Crippen LogP contribution in [0, 0.1) is 0 Å². The minimum atomic E-state index is -0.215. The van der Waals surface area contributed by atoms with E-state index in [1.807, 2.05) is 90.7 Å². The number of rotatable bonds is 11. The van der Waals surface area contributed by atoms with Crippen molar-refractivity contribution in [1.29, 1.82) is 0 Å². The van der Waals surface area contributed by atoms with E-state index in [-0.39, 0.29) is 12.0 Å². The molecule has 3 rings (SSSR count). The molecule has 0 radical (unpaired) electrons. The SMILES string of the molecule is CCCCN(C(=O)NCc1ccccc1)c1cccc(Sc2ccc(OC(=O)CCC)cc2)c1. The summed E-state index contributed by atoms with van der Waals surface area (Å²) in [7, 11) is 0. The molecule has 34 heavy (non-hydrogen) atoms. The third-order valence-corrected chi connectivity index (χ3v) is 6.14. The predicted octanol–water partition coefficient (Wildman–Crippen LogP) is 7.06. The van der Waals surface area contributed by atoms with E-state index in [1.165, 1.54) is 0 Å². The van der Waals surface area contributed by atoms with Crippen LogP contribution in [0.5, 0.6) is 5.75 Å². The molecule has 1 N–H and O–H groups in total. The van der Waals surface area contributed by atoms with Crippen LogP contribution >= 0.6 is 11.8 Å². The van der Waals surface area contributed by atoms with Crippen LogP contribution in [0.25, 0.3) is 0 Å². The Hall–Kier alpha value is -3.25. The van der Waals surface area contributed by atoms with Crippen LogP contribution in [0.4, 0.5) is 10.5 Å². The van der Waals surface area contributed by atoms with Crippen molar-refractivity contribution in [2.75, 3.05) is 11.4 Å². The maximum absolute atomic E-state index is 13.0. The molecule has 6 heteroatoms. The summed E-state index contributed by atoms with van der Waals surface area (Å²) in [6, 6.07) is 25.3. The topological polar surface area (TPSA) is 58.6 Å². The van der Waals surface area contributed by atoms with E-state index in [1.54, 1.807) is 11.8 Å². The molecule has 3 aromatic carbocycles. The van der Waals surface area contributed by atoms with Crippen molar-refractivity contribution < 1.29 is 14.3 Å². The average molecular weight is 477 g/mol. The van der Waals surface area contributed by atoms with Crippen molar-refractivity contribution in [1.82, 2.24) is 5.32 Å². The van der Waals surface area contributed by atoms with E-state index in [2.05, 4.69) is 12.2 Å². The number of benzene rings is 3. The number of hydrogen-bond donors (Lipinski definition) is 1. The molecule has 0 aliphatic carbocycles. The van der Waals surface area contributed by atoms with Gasteiger partial charge >= 0.3 is 12.0 Å². The van der Waals surface area contributed by atoms with Crippen molar-refractivity contribution in [2.24, 2.45) is 0 Å². The third-order valence-electron chi connectivity index (χ3n) is 5.14. The van der Waals surface area contributed by atoms with Gasteiger partial charge in [0, 0.05) is 35.0 Å². The Morgan fingerprint density at radius 3 is 2.35 bits per heavy atom. The van der Waals surface area contributed by atoms with Gasteiger partial charge in [0.1, 0.15) is 5.75 Å². The Morgan fingerprint density at radius 2 is 1.65 bits per heavy atom. The van der Waals surface area contributed by atoms with Crippen LogP contribution in [0.1, 0.15) is 45.1 Å². The standard InChI is InChI=1S/C28H32N2O3S/c1-3-5-19-30(28(32)29-21-22-11-7-6-8-12-22)23-13-9-14-26(20-23)34-25-17-15-24(16-18-25)33-27(31)10-4-2/h6-9,11-18,20H,3-5,10,19,21H2,1-2H3,(H,29,32). The lowest BCUT2D eigenvalue weighted by Gasteiger charge is -2.24. The van der Waals surface area contributed by atoms with E-state index >= 15 is 0 Å². The number of carbonyl (C=O) groups is 2. The number of hydrogen-bond acceptors (Lipinski definition) is 4. The Balaban J connectivity index is 1.67. The Bertz CT molecular complexity index is 1050. The monoisotopic (exact) mass is 476 g/mol. The van der Waals surface area contributed by atoms with E-state index in [0.29, 0.717) is 25.3 Å². The van der Waals surface area contributed by atoms with Gasteiger partial charge in [0.15, 0.2) is 0 Å². The minimum absolute atomic E-state index is 0.0994. The highest BCUT2D eigenvalue weighted by molar-refractivity contribution is 7.99. The molecule has 2 amide bonds. The fourth-order valence-corrected chi connectivity index (χ4v) is 4.22. The van der Waals surface area contributed by atoms with E-state index < -0.39 is 0 Å². The number of unbranched alkanes of at least 4 members (excludes halogenated alkanes) is 1. The fraction of sp³-hybridized carbons (Fsp3) is 0.286. The smallest absolute Gasteiger partial charge is 0.322 e. The van der Waals surface area contributed by atoms with Crippen molar-refractivity contribution in [3.63, 3.8) is 0 Å². The number of nitrogens with one attached hydrogen (secondary N) is 1. The van der Waals surface area contributed by atoms with E-state index in [0.717, 1.165) is 40.3 Å². The second-order valence-corrected chi connectivity index (χ2v) is 9.09. The molecular weight excluding hydrogens is 444 g/mol. The molecule has 0 saturated carbocycles. The average Bonchev–Trinajstić information content (AvgIpc) is 2.85. The predicted molar refractivity (Wildman–Crippen MR) is 138 cm³/mol. The number of carbonyl (C=O) groups excluding carboxylic acids is 2. The first-order valence-electron chi connectivity index (χ1n) is 11.8. The normalized spacial score (nSPS) is 10.5. The molecule has 5 nitrogen and oxygen atoms in total. The summed E-state index contributed by atoms with van der Waals surface area (Å²) < 4.78 is 5.33. The molecule has 0 aromatic heterocycles. The van der Waals surface area contributed by atoms with Crippen molar-refractivity contribution in [2.45, 2.75) is 55.9 Å². The van der Waals surface area contributed by atoms with Gasteiger partial charge in [0.2, 0.25) is 0 Å². The summed E-state index contributed by atoms with van der Waals surface area (Å²) in [6.45, 7) is 5.22. The fourth-order valence-electron chi connectivity index (χ4n) is 3.35. The van der Waals surface area contributed by atoms with Crippen LogP contribution in [0.3, 0.4) is 0 Å². The highest BCUT2D eigenvalue weighted by Gasteiger charge is 2.16. The first kappa shape index (κ1) is 25.4. The zero-order valence-electron chi connectivity index (χ0n) is 19.8. The maximum Gasteiger partial charge on any atom is 0.322 e. The third kappa shape index (κ3) is 7.96. The van der Waals surface area contributed by atoms with Crippen molar-refractivity contribution in [3.05, 3.63) is 84.4 Å². The van der Waals surface area contributed by atoms with Gasteiger partial charge in [-0.2, -0.15) is 0 Å². The largest absolute Gasteiger partial charge is 0.427 e. The minimum Gasteiger partial charge on any atom is -0.427 e. The van der Waals surface area contributed by atoms with Crippen LogP contribution in [-0.4, -0.2) is 18.5 Å². The number of esters is 1. The highest BCUT2D eigenvalue weighted by atomic mass is 32.2. The molecule has 0 heterocycles. The van der Waals surface area contributed by atoms with E-state index in [9.17, 15) is 9.59 Å². The number of amides is 2. The molecule has 0 bridgehead atoms. The lowest BCUT2D eigenvalue weighted by atomic mass is 10.2. The lowest BCUT2D eigenvalue weighted by molar-refractivity contribution is -0.134. The summed E-state index contributed by atoms with van der Waals surface area (Å²) >= 11 is 1.60. The first-order chi connectivity index (χ1) is 16.6. The molecule has 0 saturated heterocycles. The van der Waals surface area contributed by atoms with Gasteiger partial charge in [-0.25, -0.2) is 4.79 Å². The summed E-state index contributed by atoms with van der Waals surface area (Å²) in [4.78, 5) is 28.6. The van der Waals surface area contributed by atoms with Gasteiger partial charge in [0.25, 0.3) is 0 Å². The Kier molecular flexibility index (Phi) is 10.0. The van der Waals surface area contributed by atoms with Crippen LogP contribution < -0.4 is 15.0 Å². The molecule has 0 aliphatic heterocycles. The zero-order chi connectivity index (χ0) is 24.2. The summed E-state index contributed by atoms with van der Waals surface area (Å²) in [5, 5.41) is 3.05. The lowest BCUT2D eigenvalue weighted by Crippen LogP contribution is -2.40. The van der Waals surface area contributed by atoms with Gasteiger partial charge in [-0.15, -0.1) is 0 Å². The number of ether oxygens (including phenoxy) is 1. The number of anilines is 1. The van der Waals surface area contributed by atoms with E-state index in [4.69, 9.17) is 4.74 Å². The van der Waals surface area contributed by atoms with Crippen LogP contribution in [0.2, 0.25) is 0 Å². The number of nitrogens with zero attached hydrogens (tertiary/aromatic N) is 1. The summed E-state index contributed by atoms with van der Waals surface area (Å²) in [6.07, 6.45) is 3.11. The van der Waals surface area contributed by atoms with Crippen LogP contribution in [-0.2, 0) is 11.3 Å². The molecule has 0 spiro atoms. The molecule has 178 valence electrons. The Morgan fingerprint density at radius 1 is 0.882 bits per heavy atom. The van der Waals surface area contributed by atoms with Gasteiger partial charge in [0.05, 0.1) is 0 Å². The number of urea groups is 1. The summed E-state index contributed by atoms with van der Waals surface area (Å²) in [5.74, 6) is 0.339. The second-order valence-electron chi connectivity index (χ2n) is 7.94. The quantitative estimate of drug-likeness (QED) is 0.238. The highest BCUT2D eigenvalue weighted by Crippen LogP contribution is 2.31. The van der Waals surface area contributed by atoms with Gasteiger partial charge in [-0.1, -0.05) is 68.4 Å². The Labute approximate surface area is 206 Å². The molecule has 3 aromatic rings. The molecular formula is C28H32N2O3S. The molecule has 0 fully saturated rings. The molecule has 0 aliphatic rings. The van der Waals surface area contributed by atoms with Crippen LogP contribution in [0.15, 0.2) is 88.7 Å². The first-order valence-corrected chi connectivity index (χ1v) is 12.6. The van der Waals surface area contributed by atoms with Gasteiger partial charge < -0.3 is 10.1 Å². The summed E-state index contributed by atoms with van der Waals surface area (Å²) in [5.41, 5.74) is 1.94. The molecule has 0 atom stereocenters. The molecule has 0 unspecified atom stereocenters. The van der Waals surface area contributed by atoms with Gasteiger partial charge in [-0.3, -0.25) is 9.69 Å². The van der Waals surface area contributed by atoms with Gasteiger partial charge in [-0.05, 0) is 60.9 Å². The van der Waals surface area contributed by atoms with Crippen molar-refractivity contribution in [3.8, 4) is 5.75 Å². The maximum atomic E-state index is 13.0. The second kappa shape index (κ2) is 13.5.